The first-order chi connectivity index (χ1) is 11.8. The number of carbonyl (C=O) groups excluding carboxylic acids is 1. The Morgan fingerprint density at radius 2 is 1.96 bits per heavy atom. The summed E-state index contributed by atoms with van der Waals surface area (Å²) in [5.41, 5.74) is 2.27. The van der Waals surface area contributed by atoms with Gasteiger partial charge in [-0.25, -0.2) is 0 Å². The van der Waals surface area contributed by atoms with Crippen molar-refractivity contribution < 1.29 is 14.3 Å². The van der Waals surface area contributed by atoms with Crippen LogP contribution in [-0.2, 0) is 4.74 Å². The van der Waals surface area contributed by atoms with E-state index in [1.807, 2.05) is 37.3 Å². The highest BCUT2D eigenvalue weighted by molar-refractivity contribution is 5.95. The van der Waals surface area contributed by atoms with Crippen LogP contribution in [0.15, 0.2) is 42.7 Å². The molecule has 6 heteroatoms. The van der Waals surface area contributed by atoms with Crippen LogP contribution in [0.4, 0.5) is 11.4 Å². The Bertz CT molecular complexity index is 682. The lowest BCUT2D eigenvalue weighted by atomic mass is 10.2. The van der Waals surface area contributed by atoms with E-state index in [9.17, 15) is 4.79 Å². The molecule has 0 aliphatic carbocycles. The molecule has 3 rings (SSSR count). The molecule has 0 atom stereocenters. The Morgan fingerprint density at radius 1 is 1.21 bits per heavy atom. The molecule has 1 aliphatic heterocycles. The highest BCUT2D eigenvalue weighted by atomic mass is 16.5. The second kappa shape index (κ2) is 7.79. The van der Waals surface area contributed by atoms with E-state index in [0.717, 1.165) is 17.1 Å². The summed E-state index contributed by atoms with van der Waals surface area (Å²) in [7, 11) is 0. The molecule has 1 aromatic heterocycles. The molecular formula is C18H21N3O3. The minimum Gasteiger partial charge on any atom is -0.494 e. The van der Waals surface area contributed by atoms with Crippen LogP contribution in [0.5, 0.6) is 5.75 Å². The number of hydrogen-bond donors (Lipinski definition) is 1. The quantitative estimate of drug-likeness (QED) is 0.915. The summed E-state index contributed by atoms with van der Waals surface area (Å²) >= 11 is 0. The molecule has 0 radical (unpaired) electrons. The van der Waals surface area contributed by atoms with E-state index in [0.29, 0.717) is 38.5 Å². The molecule has 0 spiro atoms. The Balaban J connectivity index is 1.69. The molecule has 0 bridgehead atoms. The fraction of sp³-hybridized carbons (Fsp3) is 0.333. The number of aromatic nitrogens is 1. The van der Waals surface area contributed by atoms with E-state index in [-0.39, 0.29) is 5.91 Å². The van der Waals surface area contributed by atoms with Crippen molar-refractivity contribution in [2.24, 2.45) is 0 Å². The predicted octanol–water partition coefficient (Wildman–Crippen LogP) is 2.70. The molecule has 2 aromatic rings. The zero-order valence-corrected chi connectivity index (χ0v) is 13.7. The van der Waals surface area contributed by atoms with Gasteiger partial charge in [0.15, 0.2) is 0 Å². The second-order valence-corrected chi connectivity index (χ2v) is 5.45. The Kier molecular flexibility index (Phi) is 5.28. The lowest BCUT2D eigenvalue weighted by Crippen LogP contribution is -2.40. The van der Waals surface area contributed by atoms with Crippen molar-refractivity contribution in [1.29, 1.82) is 0 Å². The number of anilines is 2. The van der Waals surface area contributed by atoms with E-state index in [1.165, 1.54) is 0 Å². The third kappa shape index (κ3) is 4.02. The number of hydrogen-bond acceptors (Lipinski definition) is 5. The maximum absolute atomic E-state index is 12.5. The molecule has 0 saturated carbocycles. The number of carbonyl (C=O) groups is 1. The van der Waals surface area contributed by atoms with Crippen molar-refractivity contribution in [3.63, 3.8) is 0 Å². The molecular weight excluding hydrogens is 306 g/mol. The van der Waals surface area contributed by atoms with Crippen LogP contribution in [0.25, 0.3) is 0 Å². The molecule has 1 amide bonds. The Labute approximate surface area is 141 Å². The molecule has 1 saturated heterocycles. The van der Waals surface area contributed by atoms with Gasteiger partial charge in [0.05, 0.1) is 37.3 Å². The summed E-state index contributed by atoms with van der Waals surface area (Å²) < 4.78 is 10.7. The van der Waals surface area contributed by atoms with E-state index >= 15 is 0 Å². The Morgan fingerprint density at radius 3 is 2.67 bits per heavy atom. The van der Waals surface area contributed by atoms with Crippen LogP contribution >= 0.6 is 0 Å². The zero-order valence-electron chi connectivity index (χ0n) is 13.7. The van der Waals surface area contributed by atoms with Crippen molar-refractivity contribution in [3.8, 4) is 5.75 Å². The van der Waals surface area contributed by atoms with Gasteiger partial charge in [0.2, 0.25) is 0 Å². The van der Waals surface area contributed by atoms with Gasteiger partial charge in [0.1, 0.15) is 5.75 Å². The smallest absolute Gasteiger partial charge is 0.255 e. The third-order valence-corrected chi connectivity index (χ3v) is 3.74. The maximum Gasteiger partial charge on any atom is 0.255 e. The average Bonchev–Trinajstić information content (AvgIpc) is 2.64. The number of morpholine rings is 1. The molecule has 1 aromatic carbocycles. The summed E-state index contributed by atoms with van der Waals surface area (Å²) in [5, 5.41) is 3.26. The van der Waals surface area contributed by atoms with Gasteiger partial charge in [-0.1, -0.05) is 0 Å². The fourth-order valence-electron chi connectivity index (χ4n) is 2.54. The number of rotatable bonds is 5. The van der Waals surface area contributed by atoms with Crippen molar-refractivity contribution in [3.05, 3.63) is 48.3 Å². The van der Waals surface area contributed by atoms with Crippen LogP contribution in [-0.4, -0.2) is 48.7 Å². The van der Waals surface area contributed by atoms with Crippen molar-refractivity contribution >= 4 is 17.3 Å². The predicted molar refractivity (Wildman–Crippen MR) is 91.9 cm³/mol. The van der Waals surface area contributed by atoms with E-state index in [1.54, 1.807) is 17.3 Å². The zero-order chi connectivity index (χ0) is 16.8. The minimum absolute atomic E-state index is 0.0128. The van der Waals surface area contributed by atoms with Gasteiger partial charge in [-0.05, 0) is 37.3 Å². The van der Waals surface area contributed by atoms with Gasteiger partial charge < -0.3 is 19.7 Å². The van der Waals surface area contributed by atoms with Gasteiger partial charge in [-0.15, -0.1) is 0 Å². The average molecular weight is 327 g/mol. The first-order valence-corrected chi connectivity index (χ1v) is 8.08. The Hall–Kier alpha value is -2.60. The summed E-state index contributed by atoms with van der Waals surface area (Å²) in [4.78, 5) is 18.5. The lowest BCUT2D eigenvalue weighted by molar-refractivity contribution is 0.0302. The first-order valence-electron chi connectivity index (χ1n) is 8.08. The van der Waals surface area contributed by atoms with Gasteiger partial charge in [0.25, 0.3) is 5.91 Å². The molecule has 1 N–H and O–H groups in total. The maximum atomic E-state index is 12.5. The summed E-state index contributed by atoms with van der Waals surface area (Å²) in [6, 6.07) is 9.49. The molecule has 0 unspecified atom stereocenters. The molecule has 1 fully saturated rings. The lowest BCUT2D eigenvalue weighted by Gasteiger charge is -2.26. The van der Waals surface area contributed by atoms with Gasteiger partial charge in [-0.3, -0.25) is 9.78 Å². The molecule has 2 heterocycles. The third-order valence-electron chi connectivity index (χ3n) is 3.74. The molecule has 24 heavy (non-hydrogen) atoms. The van der Waals surface area contributed by atoms with E-state index < -0.39 is 0 Å². The van der Waals surface area contributed by atoms with Gasteiger partial charge in [0, 0.05) is 25.0 Å². The molecule has 126 valence electrons. The number of pyridine rings is 1. The van der Waals surface area contributed by atoms with E-state index in [4.69, 9.17) is 9.47 Å². The van der Waals surface area contributed by atoms with Crippen LogP contribution < -0.4 is 10.1 Å². The first kappa shape index (κ1) is 16.3. The van der Waals surface area contributed by atoms with Crippen molar-refractivity contribution in [2.45, 2.75) is 6.92 Å². The highest BCUT2D eigenvalue weighted by Gasteiger charge is 2.18. The summed E-state index contributed by atoms with van der Waals surface area (Å²) in [6.07, 6.45) is 3.30. The summed E-state index contributed by atoms with van der Waals surface area (Å²) in [6.45, 7) is 5.01. The fourth-order valence-corrected chi connectivity index (χ4v) is 2.54. The van der Waals surface area contributed by atoms with Crippen LogP contribution in [0.2, 0.25) is 0 Å². The van der Waals surface area contributed by atoms with Crippen molar-refractivity contribution in [1.82, 2.24) is 9.88 Å². The monoisotopic (exact) mass is 327 g/mol. The largest absolute Gasteiger partial charge is 0.494 e. The molecule has 1 aliphatic rings. The second-order valence-electron chi connectivity index (χ2n) is 5.45. The van der Waals surface area contributed by atoms with Crippen LogP contribution in [0.1, 0.15) is 17.3 Å². The number of benzene rings is 1. The number of amides is 1. The van der Waals surface area contributed by atoms with E-state index in [2.05, 4.69) is 10.3 Å². The van der Waals surface area contributed by atoms with Gasteiger partial charge in [-0.2, -0.15) is 0 Å². The van der Waals surface area contributed by atoms with Crippen LogP contribution in [0.3, 0.4) is 0 Å². The highest BCUT2D eigenvalue weighted by Crippen LogP contribution is 2.20. The van der Waals surface area contributed by atoms with Crippen LogP contribution in [0, 0.1) is 0 Å². The number of nitrogens with zero attached hydrogens (tertiary/aromatic N) is 2. The molecule has 6 nitrogen and oxygen atoms in total. The van der Waals surface area contributed by atoms with Gasteiger partial charge >= 0.3 is 0 Å². The number of ether oxygens (including phenoxy) is 2. The topological polar surface area (TPSA) is 63.7 Å². The number of nitrogens with one attached hydrogen (secondary N) is 1. The normalized spacial score (nSPS) is 14.3. The SMILES string of the molecule is CCOc1ccc(Nc2cncc(C(=O)N3CCOCC3)c2)cc1. The summed E-state index contributed by atoms with van der Waals surface area (Å²) in [5.74, 6) is 0.818. The minimum atomic E-state index is -0.0128. The standard InChI is InChI=1S/C18H21N3O3/c1-2-24-17-5-3-15(4-6-17)20-16-11-14(12-19-13-16)18(22)21-7-9-23-10-8-21/h3-6,11-13,20H,2,7-10H2,1H3. The van der Waals surface area contributed by atoms with Crippen molar-refractivity contribution in [2.75, 3.05) is 38.2 Å².